The molecule has 0 bridgehead atoms. The van der Waals surface area contributed by atoms with E-state index in [2.05, 4.69) is 9.98 Å². The standard InChI is InChI=1S/C20H17FN4/c21-18-9-12(4-5-14(18)11-22)16-6-7-24-20-17(16)10-19(25-20)13-2-1-3-15(23)8-13/h1-9H,10-11,22-23H2. The molecule has 1 aliphatic rings. The van der Waals surface area contributed by atoms with E-state index in [1.165, 1.54) is 6.07 Å². The number of aromatic nitrogens is 1. The summed E-state index contributed by atoms with van der Waals surface area (Å²) in [7, 11) is 0. The lowest BCUT2D eigenvalue weighted by Gasteiger charge is -2.09. The van der Waals surface area contributed by atoms with E-state index in [1.807, 2.05) is 36.4 Å². The van der Waals surface area contributed by atoms with E-state index in [4.69, 9.17) is 11.5 Å². The summed E-state index contributed by atoms with van der Waals surface area (Å²) in [5.74, 6) is 0.388. The number of fused-ring (bicyclic) bond motifs is 1. The molecule has 4 nitrogen and oxygen atoms in total. The maximum atomic E-state index is 14.1. The fourth-order valence-electron chi connectivity index (χ4n) is 3.12. The Morgan fingerprint density at radius 2 is 1.92 bits per heavy atom. The molecule has 0 fully saturated rings. The molecule has 0 amide bonds. The number of anilines is 1. The van der Waals surface area contributed by atoms with Crippen LogP contribution >= 0.6 is 0 Å². The van der Waals surface area contributed by atoms with Gasteiger partial charge < -0.3 is 11.5 Å². The molecule has 3 aromatic rings. The van der Waals surface area contributed by atoms with Crippen LogP contribution in [-0.2, 0) is 13.0 Å². The number of nitrogens with two attached hydrogens (primary N) is 2. The summed E-state index contributed by atoms with van der Waals surface area (Å²) in [6, 6.07) is 14.7. The Kier molecular flexibility index (Phi) is 3.78. The molecule has 0 saturated heterocycles. The largest absolute Gasteiger partial charge is 0.399 e. The van der Waals surface area contributed by atoms with Crippen molar-refractivity contribution < 1.29 is 4.39 Å². The van der Waals surface area contributed by atoms with E-state index < -0.39 is 0 Å². The van der Waals surface area contributed by atoms with Crippen LogP contribution in [0, 0.1) is 5.82 Å². The predicted octanol–water partition coefficient (Wildman–Crippen LogP) is 3.61. The van der Waals surface area contributed by atoms with Crippen molar-refractivity contribution in [2.24, 2.45) is 10.7 Å². The number of aliphatic imine (C=N–C) groups is 1. The van der Waals surface area contributed by atoms with E-state index in [9.17, 15) is 4.39 Å². The fourth-order valence-corrected chi connectivity index (χ4v) is 3.12. The highest BCUT2D eigenvalue weighted by atomic mass is 19.1. The third-order valence-electron chi connectivity index (χ3n) is 4.42. The second kappa shape index (κ2) is 6.11. The van der Waals surface area contributed by atoms with Gasteiger partial charge in [0.1, 0.15) is 5.82 Å². The van der Waals surface area contributed by atoms with E-state index in [0.29, 0.717) is 23.5 Å². The number of benzene rings is 2. The molecule has 2 heterocycles. The van der Waals surface area contributed by atoms with Crippen molar-refractivity contribution in [3.05, 3.63) is 77.2 Å². The molecule has 0 radical (unpaired) electrons. The first-order valence-corrected chi connectivity index (χ1v) is 8.06. The summed E-state index contributed by atoms with van der Waals surface area (Å²) in [6.07, 6.45) is 2.34. The van der Waals surface area contributed by atoms with Crippen molar-refractivity contribution in [3.8, 4) is 11.1 Å². The number of nitrogens with zero attached hydrogens (tertiary/aromatic N) is 2. The Hall–Kier alpha value is -3.05. The molecule has 0 spiro atoms. The summed E-state index contributed by atoms with van der Waals surface area (Å²) in [5, 5.41) is 0. The van der Waals surface area contributed by atoms with Crippen LogP contribution in [-0.4, -0.2) is 10.7 Å². The number of rotatable bonds is 3. The van der Waals surface area contributed by atoms with Gasteiger partial charge in [0.2, 0.25) is 0 Å². The number of hydrogen-bond acceptors (Lipinski definition) is 4. The lowest BCUT2D eigenvalue weighted by molar-refractivity contribution is 0.611. The zero-order valence-corrected chi connectivity index (χ0v) is 13.5. The first-order valence-electron chi connectivity index (χ1n) is 8.06. The van der Waals surface area contributed by atoms with Gasteiger partial charge in [-0.15, -0.1) is 0 Å². The number of nitrogen functional groups attached to an aromatic ring is 1. The fraction of sp³-hybridized carbons (Fsp3) is 0.100. The SMILES string of the molecule is NCc1ccc(-c2ccnc3c2CC(c2cccc(N)c2)=N3)cc1F. The van der Waals surface area contributed by atoms with Gasteiger partial charge >= 0.3 is 0 Å². The predicted molar refractivity (Wildman–Crippen MR) is 98.3 cm³/mol. The third kappa shape index (κ3) is 2.79. The maximum Gasteiger partial charge on any atom is 0.156 e. The molecule has 1 aromatic heterocycles. The Bertz CT molecular complexity index is 995. The summed E-state index contributed by atoms with van der Waals surface area (Å²) in [6.45, 7) is 0.184. The van der Waals surface area contributed by atoms with Crippen LogP contribution in [0.25, 0.3) is 11.1 Å². The molecular formula is C20H17FN4. The smallest absolute Gasteiger partial charge is 0.156 e. The molecule has 4 rings (SSSR count). The van der Waals surface area contributed by atoms with Crippen LogP contribution in [0.15, 0.2) is 59.7 Å². The van der Waals surface area contributed by atoms with Crippen LogP contribution in [0.3, 0.4) is 0 Å². The summed E-state index contributed by atoms with van der Waals surface area (Å²) in [5.41, 5.74) is 17.3. The van der Waals surface area contributed by atoms with Gasteiger partial charge in [0.15, 0.2) is 5.82 Å². The second-order valence-electron chi connectivity index (χ2n) is 6.03. The van der Waals surface area contributed by atoms with E-state index in [1.54, 1.807) is 12.3 Å². The maximum absolute atomic E-state index is 14.1. The lowest BCUT2D eigenvalue weighted by Crippen LogP contribution is -2.02. The molecule has 0 atom stereocenters. The monoisotopic (exact) mass is 332 g/mol. The Balaban J connectivity index is 1.74. The Labute approximate surface area is 145 Å². The number of hydrogen-bond donors (Lipinski definition) is 2. The van der Waals surface area contributed by atoms with E-state index in [-0.39, 0.29) is 12.4 Å². The van der Waals surface area contributed by atoms with Crippen molar-refractivity contribution in [2.45, 2.75) is 13.0 Å². The zero-order chi connectivity index (χ0) is 17.4. The van der Waals surface area contributed by atoms with Gasteiger partial charge in [-0.2, -0.15) is 0 Å². The minimum absolute atomic E-state index is 0.184. The van der Waals surface area contributed by atoms with Crippen LogP contribution in [0.1, 0.15) is 16.7 Å². The van der Waals surface area contributed by atoms with Gasteiger partial charge in [-0.1, -0.05) is 24.3 Å². The van der Waals surface area contributed by atoms with Gasteiger partial charge in [-0.25, -0.2) is 14.4 Å². The molecule has 2 aromatic carbocycles. The van der Waals surface area contributed by atoms with Crippen molar-refractivity contribution >= 4 is 17.2 Å². The number of halogens is 1. The first-order chi connectivity index (χ1) is 12.2. The Morgan fingerprint density at radius 3 is 2.68 bits per heavy atom. The van der Waals surface area contributed by atoms with Gasteiger partial charge in [-0.05, 0) is 41.0 Å². The average molecular weight is 332 g/mol. The summed E-state index contributed by atoms with van der Waals surface area (Å²) in [4.78, 5) is 9.01. The van der Waals surface area contributed by atoms with Gasteiger partial charge in [0.05, 0.1) is 5.71 Å². The third-order valence-corrected chi connectivity index (χ3v) is 4.42. The lowest BCUT2D eigenvalue weighted by atomic mass is 9.96. The van der Waals surface area contributed by atoms with Crippen LogP contribution in [0.5, 0.6) is 0 Å². The molecule has 1 aliphatic heterocycles. The summed E-state index contributed by atoms with van der Waals surface area (Å²) >= 11 is 0. The normalized spacial score (nSPS) is 12.8. The summed E-state index contributed by atoms with van der Waals surface area (Å²) < 4.78 is 14.1. The number of pyridine rings is 1. The highest BCUT2D eigenvalue weighted by Gasteiger charge is 2.21. The molecule has 4 N–H and O–H groups in total. The molecule has 124 valence electrons. The average Bonchev–Trinajstić information content (AvgIpc) is 3.06. The van der Waals surface area contributed by atoms with Crippen LogP contribution in [0.2, 0.25) is 0 Å². The molecule has 5 heteroatoms. The minimum atomic E-state index is -0.291. The van der Waals surface area contributed by atoms with Gasteiger partial charge in [-0.3, -0.25) is 0 Å². The Morgan fingerprint density at radius 1 is 1.04 bits per heavy atom. The van der Waals surface area contributed by atoms with E-state index >= 15 is 0 Å². The molecule has 25 heavy (non-hydrogen) atoms. The molecule has 0 unspecified atom stereocenters. The molecule has 0 aliphatic carbocycles. The van der Waals surface area contributed by atoms with Crippen LogP contribution < -0.4 is 11.5 Å². The second-order valence-corrected chi connectivity index (χ2v) is 6.03. The van der Waals surface area contributed by atoms with Crippen LogP contribution in [0.4, 0.5) is 15.9 Å². The van der Waals surface area contributed by atoms with Crippen molar-refractivity contribution in [2.75, 3.05) is 5.73 Å². The van der Waals surface area contributed by atoms with E-state index in [0.717, 1.165) is 28.0 Å². The van der Waals surface area contributed by atoms with Crippen molar-refractivity contribution in [1.29, 1.82) is 0 Å². The highest BCUT2D eigenvalue weighted by molar-refractivity contribution is 6.07. The first kappa shape index (κ1) is 15.5. The molecular weight excluding hydrogens is 315 g/mol. The molecule has 0 saturated carbocycles. The zero-order valence-electron chi connectivity index (χ0n) is 13.5. The highest BCUT2D eigenvalue weighted by Crippen LogP contribution is 2.35. The van der Waals surface area contributed by atoms with Crippen molar-refractivity contribution in [3.63, 3.8) is 0 Å². The quantitative estimate of drug-likeness (QED) is 0.719. The minimum Gasteiger partial charge on any atom is -0.399 e. The van der Waals surface area contributed by atoms with Crippen molar-refractivity contribution in [1.82, 2.24) is 4.98 Å². The van der Waals surface area contributed by atoms with Gasteiger partial charge in [0.25, 0.3) is 0 Å². The topological polar surface area (TPSA) is 77.3 Å². The van der Waals surface area contributed by atoms with Gasteiger partial charge in [0, 0.05) is 36.0 Å².